The van der Waals surface area contributed by atoms with Gasteiger partial charge in [-0.2, -0.15) is 0 Å². The molecule has 1 heterocycles. The van der Waals surface area contributed by atoms with E-state index in [1.54, 1.807) is 14.0 Å². The fourth-order valence-corrected chi connectivity index (χ4v) is 3.13. The minimum atomic E-state index is -1.01. The molecule has 2 N–H and O–H groups in total. The summed E-state index contributed by atoms with van der Waals surface area (Å²) in [6.07, 6.45) is 5.68. The van der Waals surface area contributed by atoms with Crippen molar-refractivity contribution >= 4 is 17.8 Å². The Balaban J connectivity index is 0.00000245. The molecule has 1 aliphatic rings. The number of carbonyl (C=O) groups excluding carboxylic acids is 2. The normalized spacial score (nSPS) is 19.6. The van der Waals surface area contributed by atoms with Crippen LogP contribution in [-0.4, -0.2) is 71.5 Å². The van der Waals surface area contributed by atoms with Crippen LogP contribution in [0.15, 0.2) is 11.6 Å². The molecule has 0 radical (unpaired) electrons. The third kappa shape index (κ3) is 8.98. The molecule has 7 heteroatoms. The second-order valence-corrected chi connectivity index (χ2v) is 8.27. The van der Waals surface area contributed by atoms with Crippen molar-refractivity contribution in [2.45, 2.75) is 85.4 Å². The molecule has 168 valence electrons. The van der Waals surface area contributed by atoms with Crippen LogP contribution in [0.3, 0.4) is 0 Å². The van der Waals surface area contributed by atoms with E-state index >= 15 is 0 Å². The number of carbonyl (C=O) groups is 3. The Morgan fingerprint density at radius 2 is 1.76 bits per heavy atom. The second-order valence-electron chi connectivity index (χ2n) is 8.27. The molecule has 1 saturated heterocycles. The zero-order valence-electron chi connectivity index (χ0n) is 19.5. The van der Waals surface area contributed by atoms with Crippen LogP contribution in [0.1, 0.15) is 67.2 Å². The average molecular weight is 412 g/mol. The van der Waals surface area contributed by atoms with E-state index in [0.29, 0.717) is 0 Å². The molecule has 0 aliphatic carbocycles. The lowest BCUT2D eigenvalue weighted by Crippen LogP contribution is -2.56. The molecule has 2 amide bonds. The summed E-state index contributed by atoms with van der Waals surface area (Å²) in [6, 6.07) is -1.22. The van der Waals surface area contributed by atoms with Gasteiger partial charge in [-0.05, 0) is 46.2 Å². The quantitative estimate of drug-likeness (QED) is 0.629. The molecule has 3 unspecified atom stereocenters. The van der Waals surface area contributed by atoms with Gasteiger partial charge in [0.05, 0.1) is 6.04 Å². The Kier molecular flexibility index (Phi) is 12.5. The maximum Gasteiger partial charge on any atom is 0.331 e. The number of amides is 2. The van der Waals surface area contributed by atoms with Gasteiger partial charge >= 0.3 is 5.97 Å². The van der Waals surface area contributed by atoms with Crippen molar-refractivity contribution in [3.8, 4) is 0 Å². The van der Waals surface area contributed by atoms with Gasteiger partial charge in [0.25, 0.3) is 0 Å². The first kappa shape index (κ1) is 27.1. The predicted octanol–water partition coefficient (Wildman–Crippen LogP) is 2.91. The second kappa shape index (κ2) is 13.4. The van der Waals surface area contributed by atoms with E-state index in [4.69, 9.17) is 5.11 Å². The first-order chi connectivity index (χ1) is 13.5. The molecule has 1 aliphatic heterocycles. The molecule has 3 atom stereocenters. The van der Waals surface area contributed by atoms with Crippen LogP contribution < -0.4 is 5.32 Å². The minimum absolute atomic E-state index is 0.0699. The topological polar surface area (TPSA) is 90.0 Å². The fourth-order valence-electron chi connectivity index (χ4n) is 3.13. The van der Waals surface area contributed by atoms with Gasteiger partial charge in [-0.3, -0.25) is 14.5 Å². The van der Waals surface area contributed by atoms with Gasteiger partial charge < -0.3 is 15.3 Å². The Labute approximate surface area is 176 Å². The van der Waals surface area contributed by atoms with Crippen LogP contribution in [0.5, 0.6) is 0 Å². The Hall–Kier alpha value is -1.89. The maximum atomic E-state index is 12.9. The highest BCUT2D eigenvalue weighted by Crippen LogP contribution is 2.16. The molecular formula is C22H41N3O4. The average Bonchev–Trinajstić information content (AvgIpc) is 2.65. The van der Waals surface area contributed by atoms with E-state index in [9.17, 15) is 14.4 Å². The van der Waals surface area contributed by atoms with Crippen LogP contribution in [0.25, 0.3) is 0 Å². The molecule has 0 spiro atoms. The Morgan fingerprint density at radius 1 is 1.21 bits per heavy atom. The van der Waals surface area contributed by atoms with Crippen LogP contribution in [0, 0.1) is 5.92 Å². The monoisotopic (exact) mass is 411 g/mol. The van der Waals surface area contributed by atoms with Crippen molar-refractivity contribution < 1.29 is 19.5 Å². The molecular weight excluding hydrogens is 370 g/mol. The van der Waals surface area contributed by atoms with Gasteiger partial charge in [0.15, 0.2) is 0 Å². The predicted molar refractivity (Wildman–Crippen MR) is 117 cm³/mol. The summed E-state index contributed by atoms with van der Waals surface area (Å²) in [6.45, 7) is 12.2. The number of carboxylic acid groups (broad SMARTS) is 1. The zero-order valence-corrected chi connectivity index (χ0v) is 19.5. The van der Waals surface area contributed by atoms with E-state index in [2.05, 4.69) is 19.2 Å². The molecule has 0 bridgehead atoms. The molecule has 7 nitrogen and oxygen atoms in total. The lowest BCUT2D eigenvalue weighted by Gasteiger charge is -2.34. The van der Waals surface area contributed by atoms with E-state index in [1.807, 2.05) is 25.8 Å². The van der Waals surface area contributed by atoms with E-state index in [0.717, 1.165) is 25.8 Å². The fraction of sp³-hybridized carbons (Fsp3) is 0.773. The molecule has 0 aromatic rings. The molecule has 1 rings (SSSR count). The van der Waals surface area contributed by atoms with E-state index < -0.39 is 12.0 Å². The number of nitrogens with one attached hydrogen (secondary N) is 1. The van der Waals surface area contributed by atoms with E-state index in [1.165, 1.54) is 24.3 Å². The van der Waals surface area contributed by atoms with Crippen LogP contribution in [0.4, 0.5) is 0 Å². The van der Waals surface area contributed by atoms with Gasteiger partial charge in [0.1, 0.15) is 6.04 Å². The lowest BCUT2D eigenvalue weighted by atomic mass is 9.98. The molecule has 0 saturated carbocycles. The first-order valence-corrected chi connectivity index (χ1v) is 10.7. The van der Waals surface area contributed by atoms with Gasteiger partial charge in [-0.15, -0.1) is 0 Å². The zero-order chi connectivity index (χ0) is 22.7. The summed E-state index contributed by atoms with van der Waals surface area (Å²) in [5.74, 6) is -1.40. The van der Waals surface area contributed by atoms with Gasteiger partial charge in [0, 0.05) is 18.7 Å². The van der Waals surface area contributed by atoms with Gasteiger partial charge in [0.2, 0.25) is 11.8 Å². The maximum absolute atomic E-state index is 12.9. The molecule has 0 aromatic heterocycles. The molecule has 1 fully saturated rings. The third-order valence-electron chi connectivity index (χ3n) is 5.09. The highest BCUT2D eigenvalue weighted by molar-refractivity contribution is 5.90. The van der Waals surface area contributed by atoms with Crippen LogP contribution >= 0.6 is 0 Å². The number of rotatable bonds is 7. The number of likely N-dealkylation sites (tertiary alicyclic amines) is 1. The SMILES string of the molecule is C/C(=C\C(C)N(C)C(=O)C(NC(=O)C1CCCCN1C)C(C)C)C(=O)O.CCC. The van der Waals surface area contributed by atoms with Crippen molar-refractivity contribution in [3.63, 3.8) is 0 Å². The number of piperidine rings is 1. The summed E-state index contributed by atoms with van der Waals surface area (Å²) in [5.41, 5.74) is 0.186. The Bertz CT molecular complexity index is 574. The van der Waals surface area contributed by atoms with Crippen LogP contribution in [0.2, 0.25) is 0 Å². The number of carboxylic acids is 1. The van der Waals surface area contributed by atoms with Crippen molar-refractivity contribution in [2.75, 3.05) is 20.6 Å². The standard InChI is InChI=1S/C19H33N3O4.C3H8/c1-12(2)16(20-17(23)15-9-7-8-10-21(15)5)18(24)22(6)14(4)11-13(3)19(25)26;1-3-2/h11-12,14-16H,7-10H2,1-6H3,(H,20,23)(H,25,26);3H2,1-2H3/b13-11+;. The number of aliphatic carboxylic acids is 1. The largest absolute Gasteiger partial charge is 0.478 e. The lowest BCUT2D eigenvalue weighted by molar-refractivity contribution is -0.139. The third-order valence-corrected chi connectivity index (χ3v) is 5.09. The number of likely N-dealkylation sites (N-methyl/N-ethyl adjacent to an activating group) is 2. The Morgan fingerprint density at radius 3 is 2.21 bits per heavy atom. The van der Waals surface area contributed by atoms with Crippen molar-refractivity contribution in [2.24, 2.45) is 5.92 Å². The van der Waals surface area contributed by atoms with Crippen molar-refractivity contribution in [1.82, 2.24) is 15.1 Å². The summed E-state index contributed by atoms with van der Waals surface area (Å²) in [4.78, 5) is 40.1. The van der Waals surface area contributed by atoms with Crippen molar-refractivity contribution in [1.29, 1.82) is 0 Å². The summed E-state index contributed by atoms with van der Waals surface area (Å²) in [7, 11) is 3.57. The minimum Gasteiger partial charge on any atom is -0.478 e. The molecule has 29 heavy (non-hydrogen) atoms. The number of nitrogens with zero attached hydrogens (tertiary/aromatic N) is 2. The number of hydrogen-bond acceptors (Lipinski definition) is 4. The van der Waals surface area contributed by atoms with Gasteiger partial charge in [-0.1, -0.05) is 46.6 Å². The highest BCUT2D eigenvalue weighted by atomic mass is 16.4. The van der Waals surface area contributed by atoms with Gasteiger partial charge in [-0.25, -0.2) is 4.79 Å². The molecule has 0 aromatic carbocycles. The highest BCUT2D eigenvalue weighted by Gasteiger charge is 2.33. The van der Waals surface area contributed by atoms with Crippen LogP contribution in [-0.2, 0) is 14.4 Å². The number of hydrogen-bond donors (Lipinski definition) is 2. The smallest absolute Gasteiger partial charge is 0.331 e. The summed E-state index contributed by atoms with van der Waals surface area (Å²) in [5, 5.41) is 11.9. The summed E-state index contributed by atoms with van der Waals surface area (Å²) >= 11 is 0. The van der Waals surface area contributed by atoms with Crippen molar-refractivity contribution in [3.05, 3.63) is 11.6 Å². The summed E-state index contributed by atoms with van der Waals surface area (Å²) < 4.78 is 0. The van der Waals surface area contributed by atoms with E-state index in [-0.39, 0.29) is 35.4 Å². The first-order valence-electron chi connectivity index (χ1n) is 10.7.